The van der Waals surface area contributed by atoms with Gasteiger partial charge < -0.3 is 10.1 Å². The Labute approximate surface area is 105 Å². The number of rotatable bonds is 9. The van der Waals surface area contributed by atoms with E-state index in [0.29, 0.717) is 13.0 Å². The molecule has 1 amide bonds. The van der Waals surface area contributed by atoms with Gasteiger partial charge in [-0.2, -0.15) is 0 Å². The molecule has 0 aliphatic carbocycles. The minimum Gasteiger partial charge on any atom is -0.376 e. The lowest BCUT2D eigenvalue weighted by atomic mass is 10.1. The second kappa shape index (κ2) is 9.46. The molecular weight excluding hydrogens is 214 g/mol. The van der Waals surface area contributed by atoms with Gasteiger partial charge in [-0.05, 0) is 19.3 Å². The zero-order valence-corrected chi connectivity index (χ0v) is 11.2. The Morgan fingerprint density at radius 2 is 2.00 bits per heavy atom. The highest BCUT2D eigenvalue weighted by atomic mass is 16.5. The molecule has 0 saturated carbocycles. The summed E-state index contributed by atoms with van der Waals surface area (Å²) in [5.74, 6) is 0.191. The van der Waals surface area contributed by atoms with Crippen molar-refractivity contribution in [1.29, 1.82) is 0 Å². The maximum atomic E-state index is 11.5. The van der Waals surface area contributed by atoms with Crippen LogP contribution in [-0.2, 0) is 9.53 Å². The number of carbonyl (C=O) groups is 1. The van der Waals surface area contributed by atoms with Crippen LogP contribution in [0.1, 0.15) is 64.7 Å². The maximum absolute atomic E-state index is 11.5. The van der Waals surface area contributed by atoms with E-state index in [1.54, 1.807) is 0 Å². The summed E-state index contributed by atoms with van der Waals surface area (Å²) in [4.78, 5) is 11.5. The summed E-state index contributed by atoms with van der Waals surface area (Å²) in [5, 5.41) is 2.96. The number of amides is 1. The first-order valence-corrected chi connectivity index (χ1v) is 7.21. The van der Waals surface area contributed by atoms with Crippen molar-refractivity contribution in [3.05, 3.63) is 0 Å². The molecule has 3 nitrogen and oxygen atoms in total. The SMILES string of the molecule is CCCCCCCCC(=O)NC[C@@H]1CCCO1. The third-order valence-electron chi connectivity index (χ3n) is 3.31. The van der Waals surface area contributed by atoms with E-state index in [0.717, 1.165) is 25.9 Å². The Morgan fingerprint density at radius 3 is 2.71 bits per heavy atom. The van der Waals surface area contributed by atoms with E-state index in [-0.39, 0.29) is 12.0 Å². The Kier molecular flexibility index (Phi) is 8.06. The highest BCUT2D eigenvalue weighted by Crippen LogP contribution is 2.11. The standard InChI is InChI=1S/C14H27NO2/c1-2-3-4-5-6-7-10-14(16)15-12-13-9-8-11-17-13/h13H,2-12H2,1H3,(H,15,16)/t13-/m0/s1. The minimum atomic E-state index is 0.191. The Morgan fingerprint density at radius 1 is 1.24 bits per heavy atom. The van der Waals surface area contributed by atoms with Gasteiger partial charge in [0.25, 0.3) is 0 Å². The molecular formula is C14H27NO2. The Bertz CT molecular complexity index is 200. The largest absolute Gasteiger partial charge is 0.376 e. The van der Waals surface area contributed by atoms with E-state index in [1.807, 2.05) is 0 Å². The summed E-state index contributed by atoms with van der Waals surface area (Å²) in [7, 11) is 0. The van der Waals surface area contributed by atoms with Crippen molar-refractivity contribution in [2.45, 2.75) is 70.8 Å². The van der Waals surface area contributed by atoms with Gasteiger partial charge in [0.15, 0.2) is 0 Å². The summed E-state index contributed by atoms with van der Waals surface area (Å²) in [6.07, 6.45) is 10.6. The van der Waals surface area contributed by atoms with Crippen molar-refractivity contribution in [3.63, 3.8) is 0 Å². The zero-order chi connectivity index (χ0) is 12.3. The molecule has 1 rings (SSSR count). The molecule has 1 aliphatic rings. The number of unbranched alkanes of at least 4 members (excludes halogenated alkanes) is 5. The summed E-state index contributed by atoms with van der Waals surface area (Å²) in [6.45, 7) is 3.78. The van der Waals surface area contributed by atoms with Gasteiger partial charge in [0.2, 0.25) is 5.91 Å². The molecule has 1 fully saturated rings. The summed E-state index contributed by atoms with van der Waals surface area (Å²) >= 11 is 0. The first kappa shape index (κ1) is 14.5. The van der Waals surface area contributed by atoms with Gasteiger partial charge in [0, 0.05) is 19.6 Å². The van der Waals surface area contributed by atoms with Gasteiger partial charge in [-0.25, -0.2) is 0 Å². The molecule has 0 unspecified atom stereocenters. The molecule has 0 aromatic rings. The summed E-state index contributed by atoms with van der Waals surface area (Å²) in [5.41, 5.74) is 0. The van der Waals surface area contributed by atoms with Crippen molar-refractivity contribution in [3.8, 4) is 0 Å². The van der Waals surface area contributed by atoms with Crippen molar-refractivity contribution in [2.24, 2.45) is 0 Å². The fourth-order valence-corrected chi connectivity index (χ4v) is 2.19. The topological polar surface area (TPSA) is 38.3 Å². The van der Waals surface area contributed by atoms with E-state index in [4.69, 9.17) is 4.74 Å². The smallest absolute Gasteiger partial charge is 0.220 e. The lowest BCUT2D eigenvalue weighted by molar-refractivity contribution is -0.121. The van der Waals surface area contributed by atoms with Gasteiger partial charge in [0.1, 0.15) is 0 Å². The number of hydrogen-bond donors (Lipinski definition) is 1. The molecule has 1 aliphatic heterocycles. The predicted molar refractivity (Wildman–Crippen MR) is 70.0 cm³/mol. The minimum absolute atomic E-state index is 0.191. The predicted octanol–water partition coefficient (Wildman–Crippen LogP) is 3.03. The van der Waals surface area contributed by atoms with Gasteiger partial charge >= 0.3 is 0 Å². The zero-order valence-electron chi connectivity index (χ0n) is 11.2. The van der Waals surface area contributed by atoms with Crippen LogP contribution >= 0.6 is 0 Å². The van der Waals surface area contributed by atoms with Crippen LogP contribution in [0.4, 0.5) is 0 Å². The molecule has 0 spiro atoms. The fraction of sp³-hybridized carbons (Fsp3) is 0.929. The van der Waals surface area contributed by atoms with Crippen molar-refractivity contribution < 1.29 is 9.53 Å². The lowest BCUT2D eigenvalue weighted by Crippen LogP contribution is -2.31. The van der Waals surface area contributed by atoms with Crippen LogP contribution in [0.5, 0.6) is 0 Å². The molecule has 1 atom stereocenters. The molecule has 0 radical (unpaired) electrons. The van der Waals surface area contributed by atoms with Crippen LogP contribution in [0.15, 0.2) is 0 Å². The van der Waals surface area contributed by atoms with Crippen LogP contribution in [-0.4, -0.2) is 25.2 Å². The van der Waals surface area contributed by atoms with E-state index in [1.165, 1.54) is 32.1 Å². The van der Waals surface area contributed by atoms with Crippen LogP contribution in [0, 0.1) is 0 Å². The molecule has 0 aromatic heterocycles. The molecule has 1 N–H and O–H groups in total. The Hall–Kier alpha value is -0.570. The highest BCUT2D eigenvalue weighted by molar-refractivity contribution is 5.75. The van der Waals surface area contributed by atoms with Crippen LogP contribution in [0.2, 0.25) is 0 Å². The fourth-order valence-electron chi connectivity index (χ4n) is 2.19. The van der Waals surface area contributed by atoms with Gasteiger partial charge in [-0.1, -0.05) is 39.0 Å². The second-order valence-electron chi connectivity index (χ2n) is 4.96. The van der Waals surface area contributed by atoms with E-state index in [9.17, 15) is 4.79 Å². The van der Waals surface area contributed by atoms with Crippen molar-refractivity contribution >= 4 is 5.91 Å². The van der Waals surface area contributed by atoms with Crippen molar-refractivity contribution in [2.75, 3.05) is 13.2 Å². The summed E-state index contributed by atoms with van der Waals surface area (Å²) in [6, 6.07) is 0. The average molecular weight is 241 g/mol. The summed E-state index contributed by atoms with van der Waals surface area (Å²) < 4.78 is 5.46. The second-order valence-corrected chi connectivity index (χ2v) is 4.96. The normalized spacial score (nSPS) is 19.5. The molecule has 1 heterocycles. The van der Waals surface area contributed by atoms with Crippen LogP contribution in [0.3, 0.4) is 0 Å². The van der Waals surface area contributed by atoms with Crippen LogP contribution in [0.25, 0.3) is 0 Å². The average Bonchev–Trinajstić information content (AvgIpc) is 2.84. The molecule has 17 heavy (non-hydrogen) atoms. The van der Waals surface area contributed by atoms with Gasteiger partial charge in [-0.15, -0.1) is 0 Å². The first-order chi connectivity index (χ1) is 8.33. The van der Waals surface area contributed by atoms with Crippen molar-refractivity contribution in [1.82, 2.24) is 5.32 Å². The number of ether oxygens (including phenoxy) is 1. The Balaban J connectivity index is 1.87. The lowest BCUT2D eigenvalue weighted by Gasteiger charge is -2.10. The third-order valence-corrected chi connectivity index (χ3v) is 3.31. The quantitative estimate of drug-likeness (QED) is 0.630. The molecule has 0 aromatic carbocycles. The first-order valence-electron chi connectivity index (χ1n) is 7.21. The van der Waals surface area contributed by atoms with E-state index >= 15 is 0 Å². The van der Waals surface area contributed by atoms with Gasteiger partial charge in [-0.3, -0.25) is 4.79 Å². The number of carbonyl (C=O) groups excluding carboxylic acids is 1. The molecule has 1 saturated heterocycles. The molecule has 0 bridgehead atoms. The van der Waals surface area contributed by atoms with Crippen LogP contribution < -0.4 is 5.32 Å². The third kappa shape index (κ3) is 7.37. The van der Waals surface area contributed by atoms with E-state index < -0.39 is 0 Å². The monoisotopic (exact) mass is 241 g/mol. The highest BCUT2D eigenvalue weighted by Gasteiger charge is 2.15. The maximum Gasteiger partial charge on any atom is 0.220 e. The molecule has 3 heteroatoms. The number of nitrogens with one attached hydrogen (secondary N) is 1. The van der Waals surface area contributed by atoms with Gasteiger partial charge in [0.05, 0.1) is 6.10 Å². The number of hydrogen-bond acceptors (Lipinski definition) is 2. The van der Waals surface area contributed by atoms with E-state index in [2.05, 4.69) is 12.2 Å². The molecule has 100 valence electrons.